The molecule has 4 fully saturated rings. The minimum Gasteiger partial charge on any atom is -0.463 e. The number of rotatable bonds is 63. The molecule has 48 nitrogen and oxygen atoms in total. The maximum absolute atomic E-state index is 15.2. The predicted molar refractivity (Wildman–Crippen MR) is 470 cm³/mol. The van der Waals surface area contributed by atoms with E-state index in [0.717, 1.165) is 79.8 Å². The van der Waals surface area contributed by atoms with Crippen LogP contribution in [0, 0.1) is 18.3 Å². The molecule has 3 heterocycles. The van der Waals surface area contributed by atoms with E-state index in [2.05, 4.69) is 75.5 Å². The molecule has 0 radical (unpaired) electrons. The van der Waals surface area contributed by atoms with Crippen molar-refractivity contribution in [2.45, 2.75) is 278 Å². The first-order chi connectivity index (χ1) is 64.6. The van der Waals surface area contributed by atoms with E-state index in [9.17, 15) is 76.7 Å². The topological polar surface area (TPSA) is 584 Å². The Balaban J connectivity index is 1.49. The summed E-state index contributed by atoms with van der Waals surface area (Å²) < 4.78 is 128. The predicted octanol–water partition coefficient (Wildman–Crippen LogP) is -1.03. The van der Waals surface area contributed by atoms with Gasteiger partial charge in [0.1, 0.15) is 83.7 Å². The quantitative estimate of drug-likeness (QED) is 0.0126. The Morgan fingerprint density at radius 2 is 0.706 bits per heavy atom. The van der Waals surface area contributed by atoms with Crippen molar-refractivity contribution < 1.29 is 186 Å². The number of esters is 9. The molecular formula is C87H140N9O39P. The molecule has 772 valence electrons. The first-order valence-electron chi connectivity index (χ1n) is 45.2. The van der Waals surface area contributed by atoms with Gasteiger partial charge in [0.05, 0.1) is 105 Å². The molecule has 49 heteroatoms. The molecule has 17 atom stereocenters. The average molecular weight is 1970 g/mol. The molecule has 0 spiro atoms. The molecule has 8 amide bonds. The number of nitrogens with zero attached hydrogens (tertiary/aromatic N) is 2. The molecule has 1 aliphatic carbocycles. The van der Waals surface area contributed by atoms with Gasteiger partial charge in [0.15, 0.2) is 55.5 Å². The number of nitrogens with one attached hydrogen (secondary N) is 7. The Morgan fingerprint density at radius 1 is 0.397 bits per heavy atom. The van der Waals surface area contributed by atoms with Crippen LogP contribution in [0.2, 0.25) is 0 Å². The van der Waals surface area contributed by atoms with Gasteiger partial charge in [0.2, 0.25) is 47.3 Å². The normalized spacial score (nSPS) is 23.4. The molecule has 3 saturated heterocycles. The van der Waals surface area contributed by atoms with Crippen molar-refractivity contribution in [3.05, 3.63) is 0 Å². The third kappa shape index (κ3) is 47.2. The summed E-state index contributed by atoms with van der Waals surface area (Å²) in [4.78, 5) is 219. The monoisotopic (exact) mass is 1970 g/mol. The summed E-state index contributed by atoms with van der Waals surface area (Å²) in [5.74, 6) is -9.98. The number of amides is 8. The van der Waals surface area contributed by atoms with Crippen molar-refractivity contribution in [1.29, 1.82) is 0 Å². The highest BCUT2D eigenvalue weighted by Gasteiger charge is 2.55. The van der Waals surface area contributed by atoms with Gasteiger partial charge < -0.3 is 146 Å². The van der Waals surface area contributed by atoms with Crippen LogP contribution in [-0.4, -0.2) is 385 Å². The van der Waals surface area contributed by atoms with Gasteiger partial charge >= 0.3 is 53.7 Å². The zero-order chi connectivity index (χ0) is 101. The van der Waals surface area contributed by atoms with Crippen molar-refractivity contribution in [3.8, 4) is 12.3 Å². The molecule has 0 aromatic rings. The summed E-state index contributed by atoms with van der Waals surface area (Å²) in [6, 6.07) is -4.82. The van der Waals surface area contributed by atoms with Crippen LogP contribution in [0.1, 0.15) is 162 Å². The van der Waals surface area contributed by atoms with E-state index in [1.165, 1.54) is 20.8 Å². The lowest BCUT2D eigenvalue weighted by atomic mass is 9.86. The first kappa shape index (κ1) is 119. The molecule has 3 aliphatic heterocycles. The molecule has 0 aromatic heterocycles. The highest BCUT2D eigenvalue weighted by Crippen LogP contribution is 2.49. The lowest BCUT2D eigenvalue weighted by molar-refractivity contribution is -0.279. The molecule has 17 unspecified atom stereocenters. The molecule has 136 heavy (non-hydrogen) atoms. The molecule has 7 N–H and O–H groups in total. The molecule has 1 saturated carbocycles. The number of carbonyl (C=O) groups excluding carboxylic acids is 17. The Kier molecular flexibility index (Phi) is 57.0. The number of hydrogen-bond acceptors (Lipinski definition) is 40. The third-order valence-electron chi connectivity index (χ3n) is 20.1. The van der Waals surface area contributed by atoms with Gasteiger partial charge in [-0.1, -0.05) is 0 Å². The van der Waals surface area contributed by atoms with E-state index in [-0.39, 0.29) is 150 Å². The summed E-state index contributed by atoms with van der Waals surface area (Å²) >= 11 is 0. The van der Waals surface area contributed by atoms with Crippen molar-refractivity contribution in [1.82, 2.24) is 46.8 Å². The second kappa shape index (κ2) is 65.3. The van der Waals surface area contributed by atoms with Crippen molar-refractivity contribution >= 4 is 109 Å². The first-order valence-corrected chi connectivity index (χ1v) is 46.6. The maximum Gasteiger partial charge on any atom is 0.303 e. The van der Waals surface area contributed by atoms with Crippen LogP contribution in [0.4, 0.5) is 0 Å². The van der Waals surface area contributed by atoms with Gasteiger partial charge in [0, 0.05) is 140 Å². The minimum atomic E-state index is -1.50. The lowest BCUT2D eigenvalue weighted by Crippen LogP contribution is -2.66. The van der Waals surface area contributed by atoms with Gasteiger partial charge in [-0.3, -0.25) is 86.2 Å². The van der Waals surface area contributed by atoms with Crippen molar-refractivity contribution in [2.75, 3.05) is 158 Å². The molecule has 4 rings (SSSR count). The van der Waals surface area contributed by atoms with Gasteiger partial charge in [-0.25, -0.2) is 0 Å². The zero-order valence-corrected chi connectivity index (χ0v) is 81.4. The van der Waals surface area contributed by atoms with Crippen molar-refractivity contribution in [2.24, 2.45) is 5.92 Å². The molecule has 0 bridgehead atoms. The van der Waals surface area contributed by atoms with E-state index < -0.39 is 246 Å². The standard InChI is InChI=1S/C87H140N9O39P/c1-18-19-20-45-136(96(51(2)3)52(4)5)135-66-23-21-65(22-24-66)83(112)94-67(25-26-71(109)88-27-30-114-33-36-117-39-42-120-85-74(91-53(6)97)80(129-62(15)106)77(126-59(12)103)68(132-85)48-123-56(9)100)84(113)95(46-72(110)89-28-31-115-34-37-118-40-43-121-86-75(92-54(7)98)81(130-63(16)107)78(127-60(13)104)69(133-86)49-124-57(10)101)47-73(111)90-29-32-116-35-38-119-41-44-122-87-76(93-55(8)99)82(131-64(17)108)79(128-61(14)105)70(134-87)50-125-58(11)102/h1,51-52,65-70,74-82,85-87H,19-50H2,2-17H3,(H,88,109)(H,89,110)(H,90,111)(H,91,97)(H,92,98)(H,93,99)(H,94,112). The number of terminal acetylenes is 1. The Bertz CT molecular complexity index is 3700. The number of unbranched alkanes of at least 4 members (excludes halogenated alkanes) is 1. The van der Waals surface area contributed by atoms with Crippen LogP contribution in [0.15, 0.2) is 0 Å². The summed E-state index contributed by atoms with van der Waals surface area (Å²) in [5.41, 5.74) is 0. The van der Waals surface area contributed by atoms with Gasteiger partial charge in [-0.2, -0.15) is 0 Å². The summed E-state index contributed by atoms with van der Waals surface area (Å²) in [7, 11) is -1.08. The summed E-state index contributed by atoms with van der Waals surface area (Å²) in [6.07, 6.45) is -7.15. The highest BCUT2D eigenvalue weighted by atomic mass is 31.2. The number of ether oxygens (including phenoxy) is 21. The second-order valence-corrected chi connectivity index (χ2v) is 34.1. The maximum atomic E-state index is 15.2. The van der Waals surface area contributed by atoms with Crippen LogP contribution in [0.5, 0.6) is 0 Å². The molecule has 4 aliphatic rings. The third-order valence-corrected chi connectivity index (χ3v) is 22.8. The van der Waals surface area contributed by atoms with Crippen LogP contribution < -0.4 is 37.2 Å². The fourth-order valence-corrected chi connectivity index (χ4v) is 17.2. The van der Waals surface area contributed by atoms with Gasteiger partial charge in [-0.05, 0) is 66.2 Å². The highest BCUT2D eigenvalue weighted by molar-refractivity contribution is 7.50. The van der Waals surface area contributed by atoms with Crippen LogP contribution in [0.25, 0.3) is 0 Å². The molecule has 0 aromatic carbocycles. The second-order valence-electron chi connectivity index (χ2n) is 32.3. The number of hydrogen-bond donors (Lipinski definition) is 7. The number of carbonyl (C=O) groups is 17. The van der Waals surface area contributed by atoms with Crippen LogP contribution >= 0.6 is 8.30 Å². The SMILES string of the molecule is C#CCCCP(OC1CCC(C(=O)NC(CCC(=O)NCCOCCOCCOC2OC(COC(C)=O)C(OC(C)=O)C(OC(C)=O)C2NC(C)=O)C(=O)N(CC(=O)NCCOCCOCCOC2OC(COC(C)=O)C(OC(C)=O)C(OC(C)=O)C2NC(C)=O)CC(=O)NCCOCCOCCOC2OC(COC(C)=O)C(OC(C)=O)C(OC(C)=O)C2NC(C)=O)CC1)N(C(C)C)C(C)C. The van der Waals surface area contributed by atoms with E-state index in [1.807, 2.05) is 0 Å². The molecular weight excluding hydrogens is 1830 g/mol. The van der Waals surface area contributed by atoms with Gasteiger partial charge in [-0.15, -0.1) is 12.3 Å². The van der Waals surface area contributed by atoms with Gasteiger partial charge in [0.25, 0.3) is 0 Å². The fraction of sp³-hybridized carbons (Fsp3) is 0.782. The minimum absolute atomic E-state index is 0.0133. The summed E-state index contributed by atoms with van der Waals surface area (Å²) in [6.45, 7) is 17.9. The summed E-state index contributed by atoms with van der Waals surface area (Å²) in [5, 5.41) is 18.8. The Hall–Kier alpha value is -9.58. The zero-order valence-electron chi connectivity index (χ0n) is 80.5. The van der Waals surface area contributed by atoms with Crippen LogP contribution in [-0.2, 0) is 186 Å². The lowest BCUT2D eigenvalue weighted by Gasteiger charge is -2.44. The Morgan fingerprint density at radius 3 is 1.01 bits per heavy atom. The smallest absolute Gasteiger partial charge is 0.303 e. The van der Waals surface area contributed by atoms with Crippen LogP contribution in [0.3, 0.4) is 0 Å². The van der Waals surface area contributed by atoms with E-state index in [1.54, 1.807) is 0 Å². The van der Waals surface area contributed by atoms with E-state index >= 15 is 4.79 Å². The average Bonchev–Trinajstić information content (AvgIpc) is 0.793. The largest absolute Gasteiger partial charge is 0.463 e. The Labute approximate surface area is 792 Å². The van der Waals surface area contributed by atoms with E-state index in [0.29, 0.717) is 32.1 Å². The van der Waals surface area contributed by atoms with Crippen molar-refractivity contribution in [3.63, 3.8) is 0 Å². The van der Waals surface area contributed by atoms with E-state index in [4.69, 9.17) is 110 Å². The fourth-order valence-electron chi connectivity index (χ4n) is 14.8.